The normalized spacial score (nSPS) is 19.6. The summed E-state index contributed by atoms with van der Waals surface area (Å²) in [7, 11) is 0. The first-order valence-corrected chi connectivity index (χ1v) is 7.63. The lowest BCUT2D eigenvalue weighted by Crippen LogP contribution is -2.37. The summed E-state index contributed by atoms with van der Waals surface area (Å²) in [6, 6.07) is 2.12. The number of aliphatic hydroxyl groups is 1. The van der Waals surface area contributed by atoms with Gasteiger partial charge in [0, 0.05) is 24.6 Å². The fourth-order valence-corrected chi connectivity index (χ4v) is 3.61. The van der Waals surface area contributed by atoms with Crippen molar-refractivity contribution in [3.05, 3.63) is 10.9 Å². The fraction of sp³-hybridized carbons (Fsp3) is 0.538. The summed E-state index contributed by atoms with van der Waals surface area (Å²) in [6.45, 7) is 4.09. The number of aliphatic hydroxyl groups excluding tert-OH is 1. The van der Waals surface area contributed by atoms with Gasteiger partial charge >= 0.3 is 0 Å². The molecule has 1 saturated heterocycles. The van der Waals surface area contributed by atoms with Crippen LogP contribution in [0.3, 0.4) is 0 Å². The third-order valence-corrected chi connectivity index (χ3v) is 4.65. The molecule has 0 saturated carbocycles. The number of nitrogens with two attached hydrogens (primary N) is 1. The van der Waals surface area contributed by atoms with Gasteiger partial charge in [0.15, 0.2) is 0 Å². The monoisotopic (exact) mass is 293 g/mol. The number of hydrazine groups is 1. The van der Waals surface area contributed by atoms with E-state index in [2.05, 4.69) is 33.3 Å². The van der Waals surface area contributed by atoms with Gasteiger partial charge in [-0.3, -0.25) is 5.43 Å². The van der Waals surface area contributed by atoms with Crippen molar-refractivity contribution >= 4 is 33.3 Å². The van der Waals surface area contributed by atoms with Crippen LogP contribution in [0.5, 0.6) is 0 Å². The molecule has 4 N–H and O–H groups in total. The smallest absolute Gasteiger partial charge is 0.240 e. The van der Waals surface area contributed by atoms with Crippen LogP contribution in [0.4, 0.5) is 11.8 Å². The van der Waals surface area contributed by atoms with Crippen molar-refractivity contribution in [1.29, 1.82) is 0 Å². The van der Waals surface area contributed by atoms with E-state index in [0.717, 1.165) is 42.0 Å². The molecule has 108 valence electrons. The summed E-state index contributed by atoms with van der Waals surface area (Å²) in [5.41, 5.74) is 2.54. The lowest BCUT2D eigenvalue weighted by atomic mass is 9.99. The molecule has 1 aliphatic rings. The first-order chi connectivity index (χ1) is 9.71. The molecule has 1 fully saturated rings. The fourth-order valence-electron chi connectivity index (χ4n) is 2.74. The van der Waals surface area contributed by atoms with E-state index in [0.29, 0.717) is 11.9 Å². The lowest BCUT2D eigenvalue weighted by molar-refractivity contribution is 0.208. The molecule has 1 aliphatic heterocycles. The van der Waals surface area contributed by atoms with Crippen molar-refractivity contribution in [2.24, 2.45) is 11.8 Å². The van der Waals surface area contributed by atoms with Crippen LogP contribution >= 0.6 is 11.3 Å². The van der Waals surface area contributed by atoms with Gasteiger partial charge < -0.3 is 10.0 Å². The van der Waals surface area contributed by atoms with Gasteiger partial charge in [0.05, 0.1) is 5.39 Å². The Hall–Kier alpha value is -1.44. The number of rotatable bonds is 3. The minimum absolute atomic E-state index is 0.232. The van der Waals surface area contributed by atoms with Crippen molar-refractivity contribution in [2.75, 3.05) is 30.0 Å². The number of fused-ring (bicyclic) bond motifs is 1. The second-order valence-electron chi connectivity index (χ2n) is 5.23. The van der Waals surface area contributed by atoms with Crippen LogP contribution in [0.15, 0.2) is 6.07 Å². The van der Waals surface area contributed by atoms with E-state index in [1.165, 1.54) is 4.88 Å². The highest BCUT2D eigenvalue weighted by atomic mass is 32.1. The predicted octanol–water partition coefficient (Wildman–Crippen LogP) is 1.49. The summed E-state index contributed by atoms with van der Waals surface area (Å²) in [5.74, 6) is 7.16. The zero-order valence-electron chi connectivity index (χ0n) is 11.5. The van der Waals surface area contributed by atoms with Gasteiger partial charge in [-0.05, 0) is 31.7 Å². The van der Waals surface area contributed by atoms with Crippen molar-refractivity contribution in [3.8, 4) is 0 Å². The number of anilines is 2. The van der Waals surface area contributed by atoms with Crippen LogP contribution in [-0.2, 0) is 0 Å². The molecule has 0 amide bonds. The highest BCUT2D eigenvalue weighted by molar-refractivity contribution is 7.18. The second-order valence-corrected chi connectivity index (χ2v) is 6.46. The lowest BCUT2D eigenvalue weighted by Gasteiger charge is -2.33. The average Bonchev–Trinajstić information content (AvgIpc) is 2.86. The Morgan fingerprint density at radius 2 is 2.40 bits per heavy atom. The molecule has 1 atom stereocenters. The predicted molar refractivity (Wildman–Crippen MR) is 82.0 cm³/mol. The Balaban J connectivity index is 2.04. The average molecular weight is 293 g/mol. The van der Waals surface area contributed by atoms with Crippen LogP contribution in [0.1, 0.15) is 17.7 Å². The highest BCUT2D eigenvalue weighted by Gasteiger charge is 2.23. The summed E-state index contributed by atoms with van der Waals surface area (Å²) in [4.78, 5) is 13.3. The molecule has 6 nitrogen and oxygen atoms in total. The van der Waals surface area contributed by atoms with Crippen molar-refractivity contribution in [2.45, 2.75) is 19.8 Å². The third-order valence-electron chi connectivity index (χ3n) is 3.70. The molecule has 3 heterocycles. The van der Waals surface area contributed by atoms with Gasteiger partial charge in [-0.2, -0.15) is 4.98 Å². The molecule has 2 aromatic rings. The Labute approximate surface area is 121 Å². The summed E-state index contributed by atoms with van der Waals surface area (Å²) < 4.78 is 0. The summed E-state index contributed by atoms with van der Waals surface area (Å²) >= 11 is 1.64. The molecule has 1 unspecified atom stereocenters. The van der Waals surface area contributed by atoms with Gasteiger partial charge in [-0.1, -0.05) is 0 Å². The number of hydrogen-bond acceptors (Lipinski definition) is 7. The van der Waals surface area contributed by atoms with Crippen LogP contribution < -0.4 is 16.2 Å². The molecule has 7 heteroatoms. The van der Waals surface area contributed by atoms with E-state index >= 15 is 0 Å². The second kappa shape index (κ2) is 5.51. The van der Waals surface area contributed by atoms with Crippen molar-refractivity contribution in [3.63, 3.8) is 0 Å². The summed E-state index contributed by atoms with van der Waals surface area (Å²) in [6.07, 6.45) is 2.15. The zero-order chi connectivity index (χ0) is 14.1. The van der Waals surface area contributed by atoms with Crippen LogP contribution in [-0.4, -0.2) is 34.8 Å². The van der Waals surface area contributed by atoms with Gasteiger partial charge in [-0.15, -0.1) is 11.3 Å². The van der Waals surface area contributed by atoms with Gasteiger partial charge in [0.2, 0.25) is 5.95 Å². The van der Waals surface area contributed by atoms with E-state index < -0.39 is 0 Å². The van der Waals surface area contributed by atoms with E-state index in [9.17, 15) is 5.11 Å². The first kappa shape index (κ1) is 13.5. The Bertz CT molecular complexity index is 614. The maximum absolute atomic E-state index is 9.38. The molecule has 0 spiro atoms. The molecule has 0 aromatic carbocycles. The van der Waals surface area contributed by atoms with Gasteiger partial charge in [0.1, 0.15) is 10.6 Å². The number of nitrogens with zero attached hydrogens (tertiary/aromatic N) is 3. The van der Waals surface area contributed by atoms with Crippen molar-refractivity contribution in [1.82, 2.24) is 9.97 Å². The summed E-state index contributed by atoms with van der Waals surface area (Å²) in [5, 5.41) is 10.5. The number of thiophene rings is 1. The Morgan fingerprint density at radius 3 is 3.15 bits per heavy atom. The maximum atomic E-state index is 9.38. The van der Waals surface area contributed by atoms with E-state index in [1.807, 2.05) is 0 Å². The number of hydrogen-bond donors (Lipinski definition) is 3. The molecule has 20 heavy (non-hydrogen) atoms. The Kier molecular flexibility index (Phi) is 3.73. The first-order valence-electron chi connectivity index (χ1n) is 6.82. The number of aryl methyl sites for hydroxylation is 1. The Morgan fingerprint density at radius 1 is 1.55 bits per heavy atom. The van der Waals surface area contributed by atoms with E-state index in [1.54, 1.807) is 11.3 Å². The number of nitrogen functional groups attached to an aromatic ring is 1. The molecule has 0 bridgehead atoms. The van der Waals surface area contributed by atoms with Gasteiger partial charge in [-0.25, -0.2) is 10.8 Å². The molecule has 3 rings (SSSR count). The maximum Gasteiger partial charge on any atom is 0.240 e. The SMILES string of the molecule is Cc1cc2c(N3CCCC(CO)C3)nc(NN)nc2s1. The third kappa shape index (κ3) is 2.44. The minimum atomic E-state index is 0.232. The van der Waals surface area contributed by atoms with Crippen molar-refractivity contribution < 1.29 is 5.11 Å². The topological polar surface area (TPSA) is 87.3 Å². The van der Waals surface area contributed by atoms with E-state index in [-0.39, 0.29) is 6.61 Å². The number of piperidine rings is 1. The molecule has 2 aromatic heterocycles. The largest absolute Gasteiger partial charge is 0.396 e. The minimum Gasteiger partial charge on any atom is -0.396 e. The zero-order valence-corrected chi connectivity index (χ0v) is 12.3. The molecular formula is C13H19N5OS. The molecular weight excluding hydrogens is 274 g/mol. The number of nitrogens with one attached hydrogen (secondary N) is 1. The quantitative estimate of drug-likeness (QED) is 0.587. The molecule has 0 radical (unpaired) electrons. The van der Waals surface area contributed by atoms with Crippen LogP contribution in [0.25, 0.3) is 10.2 Å². The highest BCUT2D eigenvalue weighted by Crippen LogP contribution is 2.33. The standard InChI is InChI=1S/C13H19N5OS/c1-8-5-10-11(15-13(17-14)16-12(10)20-8)18-4-2-3-9(6-18)7-19/h5,9,19H,2-4,6-7,14H2,1H3,(H,15,16,17). The van der Waals surface area contributed by atoms with Crippen LogP contribution in [0, 0.1) is 12.8 Å². The van der Waals surface area contributed by atoms with Crippen LogP contribution in [0.2, 0.25) is 0 Å². The van der Waals surface area contributed by atoms with Gasteiger partial charge in [0.25, 0.3) is 0 Å². The molecule has 0 aliphatic carbocycles. The van der Waals surface area contributed by atoms with E-state index in [4.69, 9.17) is 5.84 Å². The number of aromatic nitrogens is 2.